The molecule has 0 N–H and O–H groups in total. The predicted molar refractivity (Wildman–Crippen MR) is 132 cm³/mol. The van der Waals surface area contributed by atoms with E-state index in [4.69, 9.17) is 8.85 Å². The summed E-state index contributed by atoms with van der Waals surface area (Å²) in [7, 11) is -2.16. The Balaban J connectivity index is 1.76. The maximum absolute atomic E-state index is 6.26. The van der Waals surface area contributed by atoms with Crippen LogP contribution in [0.15, 0.2) is 54.6 Å². The van der Waals surface area contributed by atoms with Gasteiger partial charge in [0.1, 0.15) is 5.75 Å². The fourth-order valence-corrected chi connectivity index (χ4v) is 5.23. The molecule has 0 fully saturated rings. The van der Waals surface area contributed by atoms with E-state index in [9.17, 15) is 0 Å². The molecule has 0 aliphatic rings. The van der Waals surface area contributed by atoms with Crippen LogP contribution in [0.3, 0.4) is 0 Å². The molecule has 2 aromatic rings. The zero-order valence-corrected chi connectivity index (χ0v) is 20.9. The average Bonchev–Trinajstić information content (AvgIpc) is 2.73. The van der Waals surface area contributed by atoms with Gasteiger partial charge in [0.05, 0.1) is 0 Å². The van der Waals surface area contributed by atoms with E-state index in [1.807, 2.05) is 0 Å². The molecule has 0 aromatic heterocycles. The van der Waals surface area contributed by atoms with Crippen LogP contribution in [0.25, 0.3) is 0 Å². The first-order chi connectivity index (χ1) is 14.3. The van der Waals surface area contributed by atoms with E-state index >= 15 is 0 Å². The first kappa shape index (κ1) is 24.7. The summed E-state index contributed by atoms with van der Waals surface area (Å²) >= 11 is 0. The lowest BCUT2D eigenvalue weighted by atomic mass is 9.78. The van der Waals surface area contributed by atoms with E-state index in [-0.39, 0.29) is 5.41 Å². The smallest absolute Gasteiger partial charge is 0.392 e. The van der Waals surface area contributed by atoms with Crippen LogP contribution in [0, 0.1) is 0 Å². The van der Waals surface area contributed by atoms with Gasteiger partial charge in [-0.15, -0.1) is 0 Å². The first-order valence-electron chi connectivity index (χ1n) is 11.8. The summed E-state index contributed by atoms with van der Waals surface area (Å²) in [6, 6.07) is 19.2. The van der Waals surface area contributed by atoms with Gasteiger partial charge in [-0.1, -0.05) is 108 Å². The van der Waals surface area contributed by atoms with E-state index in [0.29, 0.717) is 0 Å². The molecule has 0 spiro atoms. The fraction of sp³-hybridized carbons (Fsp3) is 0.556. The standard InChI is InChI=1S/C27H42O2Si/c1-6-7-8-9-10-11-12-16-23-28-30(4,5)29-26-21-19-25(20-22-26)27(2,3)24-17-14-13-15-18-24/h13-15,17-22H,6-12,16,23H2,1-5H3. The summed E-state index contributed by atoms with van der Waals surface area (Å²) in [6.07, 6.45) is 10.6. The number of hydrogen-bond donors (Lipinski definition) is 0. The van der Waals surface area contributed by atoms with Gasteiger partial charge in [0.15, 0.2) is 0 Å². The normalized spacial score (nSPS) is 12.2. The largest absolute Gasteiger partial charge is 0.520 e. The van der Waals surface area contributed by atoms with Crippen LogP contribution in [0.1, 0.15) is 83.3 Å². The lowest BCUT2D eigenvalue weighted by Crippen LogP contribution is -2.38. The van der Waals surface area contributed by atoms with E-state index < -0.39 is 8.56 Å². The molecule has 0 radical (unpaired) electrons. The Labute approximate surface area is 186 Å². The second-order valence-corrected chi connectivity index (χ2v) is 12.6. The molecule has 0 aliphatic heterocycles. The molecular formula is C27H42O2Si. The number of hydrogen-bond acceptors (Lipinski definition) is 2. The van der Waals surface area contributed by atoms with Crippen molar-refractivity contribution in [2.75, 3.05) is 6.61 Å². The van der Waals surface area contributed by atoms with Crippen molar-refractivity contribution >= 4 is 8.56 Å². The molecule has 0 heterocycles. The van der Waals surface area contributed by atoms with Crippen LogP contribution in [0.4, 0.5) is 0 Å². The highest BCUT2D eigenvalue weighted by Crippen LogP contribution is 2.32. The van der Waals surface area contributed by atoms with Gasteiger partial charge in [0.2, 0.25) is 0 Å². The zero-order chi connectivity index (χ0) is 21.9. The highest BCUT2D eigenvalue weighted by molar-refractivity contribution is 6.65. The van der Waals surface area contributed by atoms with Crippen molar-refractivity contribution in [1.82, 2.24) is 0 Å². The van der Waals surface area contributed by atoms with Crippen molar-refractivity contribution in [2.24, 2.45) is 0 Å². The summed E-state index contributed by atoms with van der Waals surface area (Å²) in [6.45, 7) is 11.9. The molecule has 0 atom stereocenters. The molecule has 2 rings (SSSR count). The summed E-state index contributed by atoms with van der Waals surface area (Å²) in [4.78, 5) is 0. The van der Waals surface area contributed by atoms with Gasteiger partial charge >= 0.3 is 8.56 Å². The van der Waals surface area contributed by atoms with Crippen LogP contribution >= 0.6 is 0 Å². The Morgan fingerprint density at radius 2 is 1.23 bits per heavy atom. The third-order valence-corrected chi connectivity index (χ3v) is 7.51. The quantitative estimate of drug-likeness (QED) is 0.223. The minimum Gasteiger partial charge on any atom is -0.520 e. The van der Waals surface area contributed by atoms with Gasteiger partial charge in [-0.2, -0.15) is 0 Å². The number of benzene rings is 2. The predicted octanol–water partition coefficient (Wildman–Crippen LogP) is 8.25. The van der Waals surface area contributed by atoms with Gasteiger partial charge in [-0.05, 0) is 42.8 Å². The molecule has 30 heavy (non-hydrogen) atoms. The van der Waals surface area contributed by atoms with Gasteiger partial charge in [-0.25, -0.2) is 0 Å². The SMILES string of the molecule is CCCCCCCCCCO[Si](C)(C)Oc1ccc(C(C)(C)c2ccccc2)cc1. The maximum Gasteiger partial charge on any atom is 0.392 e. The van der Waals surface area contributed by atoms with Crippen LogP contribution < -0.4 is 4.43 Å². The van der Waals surface area contributed by atoms with Crippen molar-refractivity contribution in [3.8, 4) is 5.75 Å². The van der Waals surface area contributed by atoms with E-state index in [0.717, 1.165) is 18.8 Å². The topological polar surface area (TPSA) is 18.5 Å². The Bertz CT molecular complexity index is 707. The molecular weight excluding hydrogens is 384 g/mol. The summed E-state index contributed by atoms with van der Waals surface area (Å²) in [5.74, 6) is 0.912. The van der Waals surface area contributed by atoms with E-state index in [1.54, 1.807) is 0 Å². The van der Waals surface area contributed by atoms with Gasteiger partial charge < -0.3 is 8.85 Å². The lowest BCUT2D eigenvalue weighted by molar-refractivity contribution is 0.240. The third kappa shape index (κ3) is 8.27. The van der Waals surface area contributed by atoms with E-state index in [1.165, 1.54) is 56.1 Å². The minimum absolute atomic E-state index is 0.0280. The minimum atomic E-state index is -2.16. The molecule has 0 unspecified atom stereocenters. The summed E-state index contributed by atoms with van der Waals surface area (Å²) in [5, 5.41) is 0. The Kier molecular flexibility index (Phi) is 10.1. The second kappa shape index (κ2) is 12.3. The second-order valence-electron chi connectivity index (χ2n) is 9.34. The van der Waals surface area contributed by atoms with Crippen molar-refractivity contribution in [3.05, 3.63) is 65.7 Å². The molecule has 0 amide bonds. The van der Waals surface area contributed by atoms with Crippen molar-refractivity contribution < 1.29 is 8.85 Å². The van der Waals surface area contributed by atoms with Crippen LogP contribution in [0.5, 0.6) is 5.75 Å². The van der Waals surface area contributed by atoms with Crippen LogP contribution in [-0.2, 0) is 9.84 Å². The number of rotatable bonds is 14. The van der Waals surface area contributed by atoms with Gasteiger partial charge in [0, 0.05) is 12.0 Å². The highest BCUT2D eigenvalue weighted by atomic mass is 28.4. The van der Waals surface area contributed by atoms with Gasteiger partial charge in [-0.3, -0.25) is 0 Å². The number of unbranched alkanes of at least 4 members (excludes halogenated alkanes) is 7. The molecule has 0 saturated carbocycles. The Hall–Kier alpha value is -1.58. The highest BCUT2D eigenvalue weighted by Gasteiger charge is 2.27. The fourth-order valence-electron chi connectivity index (χ4n) is 3.83. The van der Waals surface area contributed by atoms with Crippen molar-refractivity contribution in [1.29, 1.82) is 0 Å². The monoisotopic (exact) mass is 426 g/mol. The third-order valence-electron chi connectivity index (χ3n) is 5.88. The van der Waals surface area contributed by atoms with Gasteiger partial charge in [0.25, 0.3) is 0 Å². The molecule has 0 saturated heterocycles. The van der Waals surface area contributed by atoms with Crippen molar-refractivity contribution in [3.63, 3.8) is 0 Å². The van der Waals surface area contributed by atoms with Crippen molar-refractivity contribution in [2.45, 2.75) is 90.6 Å². The molecule has 2 nitrogen and oxygen atoms in total. The maximum atomic E-state index is 6.26. The molecule has 3 heteroatoms. The molecule has 0 aliphatic carbocycles. The Morgan fingerprint density at radius 3 is 1.83 bits per heavy atom. The summed E-state index contributed by atoms with van der Waals surface area (Å²) < 4.78 is 12.4. The first-order valence-corrected chi connectivity index (χ1v) is 14.7. The zero-order valence-electron chi connectivity index (χ0n) is 19.9. The van der Waals surface area contributed by atoms with Crippen LogP contribution in [0.2, 0.25) is 13.1 Å². The van der Waals surface area contributed by atoms with Crippen LogP contribution in [-0.4, -0.2) is 15.2 Å². The summed E-state index contributed by atoms with van der Waals surface area (Å²) in [5.41, 5.74) is 2.59. The molecule has 0 bridgehead atoms. The van der Waals surface area contributed by atoms with E-state index in [2.05, 4.69) is 88.5 Å². The molecule has 2 aromatic carbocycles. The Morgan fingerprint density at radius 1 is 0.700 bits per heavy atom. The average molecular weight is 427 g/mol. The molecule has 166 valence electrons. The lowest BCUT2D eigenvalue weighted by Gasteiger charge is -2.27.